The summed E-state index contributed by atoms with van der Waals surface area (Å²) < 4.78 is 29.4. The van der Waals surface area contributed by atoms with Gasteiger partial charge < -0.3 is 19.7 Å². The van der Waals surface area contributed by atoms with E-state index >= 15 is 0 Å². The number of methoxy groups -OCH3 is 1. The molecule has 0 spiro atoms. The maximum atomic E-state index is 14.9. The Hall–Kier alpha value is -4.09. The lowest BCUT2D eigenvalue weighted by Gasteiger charge is -2.28. The van der Waals surface area contributed by atoms with Crippen molar-refractivity contribution in [3.05, 3.63) is 109 Å². The molecule has 2 heterocycles. The molecule has 0 radical (unpaired) electrons. The van der Waals surface area contributed by atoms with Crippen LogP contribution in [0.15, 0.2) is 69.9 Å². The highest BCUT2D eigenvalue weighted by Gasteiger charge is 2.33. The van der Waals surface area contributed by atoms with Gasteiger partial charge in [0.05, 0.1) is 42.2 Å². The fourth-order valence-corrected chi connectivity index (χ4v) is 5.73. The number of hydrogen-bond donors (Lipinski definition) is 1. The lowest BCUT2D eigenvalue weighted by molar-refractivity contribution is 0.0706. The number of nitrogens with zero attached hydrogens (tertiary/aromatic N) is 3. The lowest BCUT2D eigenvalue weighted by Crippen LogP contribution is -2.41. The van der Waals surface area contributed by atoms with Crippen molar-refractivity contribution in [3.8, 4) is 17.2 Å². The molecule has 2 amide bonds. The summed E-state index contributed by atoms with van der Waals surface area (Å²) in [6, 6.07) is 15.6. The van der Waals surface area contributed by atoms with Crippen molar-refractivity contribution in [2.45, 2.75) is 45.0 Å². The zero-order valence-corrected chi connectivity index (χ0v) is 26.3. The van der Waals surface area contributed by atoms with Crippen molar-refractivity contribution in [2.24, 2.45) is 0 Å². The number of benzene rings is 3. The highest BCUT2D eigenvalue weighted by atomic mass is 79.9. The summed E-state index contributed by atoms with van der Waals surface area (Å²) in [5, 5.41) is 3.25. The zero-order chi connectivity index (χ0) is 31.1. The molecule has 2 aliphatic rings. The van der Waals surface area contributed by atoms with Crippen molar-refractivity contribution in [1.29, 1.82) is 0 Å². The first-order valence-electron chi connectivity index (χ1n) is 14.1. The van der Waals surface area contributed by atoms with E-state index in [9.17, 15) is 18.8 Å². The van der Waals surface area contributed by atoms with Gasteiger partial charge >= 0.3 is 5.69 Å². The van der Waals surface area contributed by atoms with Crippen LogP contribution in [-0.4, -0.2) is 45.6 Å². The quantitative estimate of drug-likeness (QED) is 0.250. The Balaban J connectivity index is 1.37. The summed E-state index contributed by atoms with van der Waals surface area (Å²) in [6.07, 6.45) is 2.22. The molecule has 0 saturated heterocycles. The zero-order valence-electron chi connectivity index (χ0n) is 24.0. The lowest BCUT2D eigenvalue weighted by atomic mass is 10.1. The third kappa shape index (κ3) is 5.86. The van der Waals surface area contributed by atoms with Crippen LogP contribution in [0.2, 0.25) is 5.02 Å². The van der Waals surface area contributed by atoms with Gasteiger partial charge in [0.2, 0.25) is 0 Å². The first-order chi connectivity index (χ1) is 21.1. The fraction of sp³-hybridized carbons (Fsp3) is 0.281. The van der Waals surface area contributed by atoms with E-state index in [-0.39, 0.29) is 42.9 Å². The molecule has 1 aliphatic carbocycles. The fourth-order valence-electron chi connectivity index (χ4n) is 5.30. The number of fused-ring (bicyclic) bond motifs is 1. The molecule has 0 bridgehead atoms. The van der Waals surface area contributed by atoms with Crippen LogP contribution < -0.4 is 20.5 Å². The number of carbonyl (C=O) groups is 2. The van der Waals surface area contributed by atoms with Crippen LogP contribution in [0.1, 0.15) is 57.9 Å². The number of nitrogens with one attached hydrogen (secondary N) is 1. The number of ether oxygens (including phenoxy) is 2. The van der Waals surface area contributed by atoms with Crippen molar-refractivity contribution >= 4 is 39.3 Å². The second-order valence-electron chi connectivity index (χ2n) is 10.8. The van der Waals surface area contributed by atoms with Gasteiger partial charge in [-0.25, -0.2) is 9.18 Å². The minimum Gasteiger partial charge on any atom is -0.497 e. The summed E-state index contributed by atoms with van der Waals surface area (Å²) >= 11 is 9.59. The smallest absolute Gasteiger partial charge is 0.333 e. The average molecular weight is 684 g/mol. The monoisotopic (exact) mass is 682 g/mol. The van der Waals surface area contributed by atoms with Gasteiger partial charge in [-0.15, -0.1) is 0 Å². The number of carbonyl (C=O) groups excluding carboxylic acids is 2. The van der Waals surface area contributed by atoms with Crippen LogP contribution in [0.25, 0.3) is 5.69 Å². The van der Waals surface area contributed by atoms with Gasteiger partial charge in [-0.05, 0) is 84.2 Å². The molecule has 1 fully saturated rings. The van der Waals surface area contributed by atoms with E-state index in [1.54, 1.807) is 66.4 Å². The maximum absolute atomic E-state index is 14.9. The minimum atomic E-state index is -0.743. The molecule has 0 unspecified atom stereocenters. The Bertz CT molecular complexity index is 1820. The van der Waals surface area contributed by atoms with E-state index in [0.717, 1.165) is 12.8 Å². The maximum Gasteiger partial charge on any atom is 0.333 e. The number of halogens is 3. The van der Waals surface area contributed by atoms with E-state index in [4.69, 9.17) is 21.1 Å². The average Bonchev–Trinajstić information content (AvgIpc) is 3.79. The van der Waals surface area contributed by atoms with E-state index in [0.29, 0.717) is 37.9 Å². The Kier molecular flexibility index (Phi) is 8.26. The Labute approximate surface area is 266 Å². The van der Waals surface area contributed by atoms with Crippen LogP contribution >= 0.6 is 27.5 Å². The number of aromatic nitrogens is 2. The van der Waals surface area contributed by atoms with Crippen molar-refractivity contribution in [3.63, 3.8) is 0 Å². The summed E-state index contributed by atoms with van der Waals surface area (Å²) in [4.78, 5) is 42.9. The molecular weight excluding hydrogens is 655 g/mol. The van der Waals surface area contributed by atoms with Gasteiger partial charge in [-0.2, -0.15) is 0 Å². The van der Waals surface area contributed by atoms with Crippen LogP contribution in [0, 0.1) is 5.82 Å². The molecule has 4 aromatic rings. The molecule has 44 heavy (non-hydrogen) atoms. The summed E-state index contributed by atoms with van der Waals surface area (Å²) in [5.74, 6) is -0.381. The normalized spacial score (nSPS) is 15.0. The van der Waals surface area contributed by atoms with E-state index in [1.165, 1.54) is 22.3 Å². The molecule has 12 heteroatoms. The topological polar surface area (TPSA) is 94.8 Å². The first-order valence-corrected chi connectivity index (χ1v) is 15.3. The standard InChI is InChI=1S/C32H29BrClFN4O5/c1-18(24-11-10-23(43-2)16-27(24)35)36-30(40)29-28-17-37(31(41)19-3-12-25(33)26(34)15-19)13-14-38(28)32(42)39(29)20-4-6-21(7-5-20)44-22-8-9-22/h3-7,10-12,15-16,18,22H,8-9,13-14,17H2,1-2H3,(H,36,40)/t18-/m1/s1. The third-order valence-electron chi connectivity index (χ3n) is 7.79. The van der Waals surface area contributed by atoms with Gasteiger partial charge in [0, 0.05) is 34.8 Å². The number of amides is 2. The van der Waals surface area contributed by atoms with Crippen LogP contribution in [0.5, 0.6) is 11.5 Å². The summed E-state index contributed by atoms with van der Waals surface area (Å²) in [5.41, 5.74) is 1.13. The second kappa shape index (κ2) is 12.1. The Morgan fingerprint density at radius 3 is 2.43 bits per heavy atom. The minimum absolute atomic E-state index is 0.00562. The Morgan fingerprint density at radius 1 is 1.05 bits per heavy atom. The number of hydrogen-bond acceptors (Lipinski definition) is 5. The molecule has 3 aromatic carbocycles. The molecule has 228 valence electrons. The first kappa shape index (κ1) is 30.0. The highest BCUT2D eigenvalue weighted by Crippen LogP contribution is 2.29. The molecule has 9 nitrogen and oxygen atoms in total. The predicted molar refractivity (Wildman–Crippen MR) is 166 cm³/mol. The second-order valence-corrected chi connectivity index (χ2v) is 12.1. The SMILES string of the molecule is COc1ccc([C@@H](C)NC(=O)c2c3n(c(=O)n2-c2ccc(OC4CC4)cc2)CCN(C(=O)c2ccc(Br)c(Cl)c2)C3)c(F)c1. The van der Waals surface area contributed by atoms with Crippen molar-refractivity contribution < 1.29 is 23.5 Å². The molecule has 6 rings (SSSR count). The van der Waals surface area contributed by atoms with Crippen LogP contribution in [-0.2, 0) is 13.1 Å². The molecule has 1 aromatic heterocycles. The van der Waals surface area contributed by atoms with Gasteiger partial charge in [0.15, 0.2) is 0 Å². The van der Waals surface area contributed by atoms with E-state index in [2.05, 4.69) is 21.2 Å². The largest absolute Gasteiger partial charge is 0.497 e. The highest BCUT2D eigenvalue weighted by molar-refractivity contribution is 9.10. The molecule has 1 atom stereocenters. The van der Waals surface area contributed by atoms with E-state index in [1.807, 2.05) is 0 Å². The number of rotatable bonds is 8. The predicted octanol–water partition coefficient (Wildman–Crippen LogP) is 5.89. The van der Waals surface area contributed by atoms with Crippen molar-refractivity contribution in [2.75, 3.05) is 13.7 Å². The number of imidazole rings is 1. The summed E-state index contributed by atoms with van der Waals surface area (Å²) in [7, 11) is 1.44. The van der Waals surface area contributed by atoms with Crippen LogP contribution in [0.4, 0.5) is 4.39 Å². The van der Waals surface area contributed by atoms with E-state index < -0.39 is 23.5 Å². The van der Waals surface area contributed by atoms with Gasteiger partial charge in [0.1, 0.15) is 23.0 Å². The Morgan fingerprint density at radius 2 is 1.77 bits per heavy atom. The van der Waals surface area contributed by atoms with Gasteiger partial charge in [-0.1, -0.05) is 17.7 Å². The third-order valence-corrected chi connectivity index (χ3v) is 9.02. The van der Waals surface area contributed by atoms with Gasteiger partial charge in [0.25, 0.3) is 11.8 Å². The molecule has 1 aliphatic heterocycles. The van der Waals surface area contributed by atoms with Gasteiger partial charge in [-0.3, -0.25) is 18.7 Å². The molecule has 1 saturated carbocycles. The van der Waals surface area contributed by atoms with Crippen molar-refractivity contribution in [1.82, 2.24) is 19.4 Å². The molecule has 1 N–H and O–H groups in total. The molecular formula is C32H29BrClFN4O5. The summed E-state index contributed by atoms with van der Waals surface area (Å²) in [6.45, 7) is 2.10. The van der Waals surface area contributed by atoms with Crippen LogP contribution in [0.3, 0.4) is 0 Å².